The standard InChI is InChI=1S/C42H29NS2Si/c1-46(2)38-23-22-34-31-14-8-9-15-36(31)44-42(34)40(38)35-21-18-29(25-39(35)46)43(27-11-4-3-5-12-27)28-17-20-32-33-19-16-26-10-6-7-13-30(26)41(33)45-37(32)24-28/h3-25H,1-2H3. The third-order valence-electron chi connectivity index (χ3n) is 10.0. The van der Waals surface area contributed by atoms with Crippen molar-refractivity contribution < 1.29 is 0 Å². The van der Waals surface area contributed by atoms with Crippen LogP contribution in [-0.2, 0) is 0 Å². The van der Waals surface area contributed by atoms with E-state index in [9.17, 15) is 0 Å². The first-order chi connectivity index (χ1) is 22.6. The maximum atomic E-state index is 2.53. The Labute approximate surface area is 276 Å². The zero-order valence-corrected chi connectivity index (χ0v) is 28.2. The number of thiophene rings is 2. The van der Waals surface area contributed by atoms with Crippen LogP contribution in [0.15, 0.2) is 140 Å². The molecular formula is C42H29NS2Si. The molecule has 3 heterocycles. The summed E-state index contributed by atoms with van der Waals surface area (Å²) in [5.41, 5.74) is 6.48. The number of anilines is 3. The van der Waals surface area contributed by atoms with Crippen molar-refractivity contribution in [2.45, 2.75) is 13.1 Å². The Hall–Kier alpha value is -4.74. The van der Waals surface area contributed by atoms with Crippen LogP contribution in [0.4, 0.5) is 17.1 Å². The molecule has 1 aliphatic heterocycles. The summed E-state index contributed by atoms with van der Waals surface area (Å²) >= 11 is 3.86. The van der Waals surface area contributed by atoms with E-state index in [1.165, 1.54) is 84.5 Å². The summed E-state index contributed by atoms with van der Waals surface area (Å²) in [4.78, 5) is 2.45. The highest BCUT2D eigenvalue weighted by molar-refractivity contribution is 7.27. The first kappa shape index (κ1) is 26.5. The predicted molar refractivity (Wildman–Crippen MR) is 207 cm³/mol. The van der Waals surface area contributed by atoms with Gasteiger partial charge in [-0.2, -0.15) is 0 Å². The molecule has 46 heavy (non-hydrogen) atoms. The summed E-state index contributed by atoms with van der Waals surface area (Å²) in [7, 11) is -1.94. The molecule has 7 aromatic carbocycles. The molecule has 2 aromatic heterocycles. The first-order valence-electron chi connectivity index (χ1n) is 15.9. The number of rotatable bonds is 3. The molecule has 0 radical (unpaired) electrons. The summed E-state index contributed by atoms with van der Waals surface area (Å²) in [5, 5.41) is 11.1. The summed E-state index contributed by atoms with van der Waals surface area (Å²) in [5.74, 6) is 0. The van der Waals surface area contributed by atoms with Gasteiger partial charge in [-0.05, 0) is 74.7 Å². The molecule has 10 rings (SSSR count). The van der Waals surface area contributed by atoms with Crippen molar-refractivity contribution in [2.75, 3.05) is 4.90 Å². The number of hydrogen-bond acceptors (Lipinski definition) is 3. The summed E-state index contributed by atoms with van der Waals surface area (Å²) < 4.78 is 5.50. The van der Waals surface area contributed by atoms with Gasteiger partial charge in [-0.3, -0.25) is 0 Å². The first-order valence-corrected chi connectivity index (χ1v) is 20.5. The second-order valence-electron chi connectivity index (χ2n) is 12.9. The molecule has 9 aromatic rings. The highest BCUT2D eigenvalue weighted by Crippen LogP contribution is 2.45. The fourth-order valence-corrected chi connectivity index (χ4v) is 13.5. The van der Waals surface area contributed by atoms with Crippen LogP contribution in [0.1, 0.15) is 0 Å². The lowest BCUT2D eigenvalue weighted by Gasteiger charge is -2.27. The van der Waals surface area contributed by atoms with Gasteiger partial charge in [0.15, 0.2) is 0 Å². The minimum absolute atomic E-state index is 1.18. The zero-order valence-electron chi connectivity index (χ0n) is 25.5. The lowest BCUT2D eigenvalue weighted by atomic mass is 10.0. The van der Waals surface area contributed by atoms with Crippen LogP contribution in [0.2, 0.25) is 13.1 Å². The third kappa shape index (κ3) is 3.66. The van der Waals surface area contributed by atoms with Crippen molar-refractivity contribution >= 4 is 109 Å². The SMILES string of the molecule is C[Si]1(C)c2cc(N(c3ccccc3)c3ccc4c(c3)sc3c5ccccc5ccc43)ccc2-c2c1ccc1c2sc2ccccc21. The average Bonchev–Trinajstić information content (AvgIpc) is 3.73. The smallest absolute Gasteiger partial charge is 0.114 e. The van der Waals surface area contributed by atoms with Crippen LogP contribution in [0.25, 0.3) is 62.2 Å². The second kappa shape index (κ2) is 9.63. The number of fused-ring (bicyclic) bond motifs is 12. The molecule has 0 fully saturated rings. The van der Waals surface area contributed by atoms with Gasteiger partial charge in [-0.15, -0.1) is 22.7 Å². The van der Waals surface area contributed by atoms with E-state index in [0.29, 0.717) is 0 Å². The van der Waals surface area contributed by atoms with Crippen molar-refractivity contribution in [1.29, 1.82) is 0 Å². The van der Waals surface area contributed by atoms with E-state index in [1.807, 2.05) is 22.7 Å². The lowest BCUT2D eigenvalue weighted by Crippen LogP contribution is -2.49. The van der Waals surface area contributed by atoms with E-state index in [0.717, 1.165) is 0 Å². The maximum Gasteiger partial charge on any atom is 0.114 e. The Kier molecular flexibility index (Phi) is 5.54. The molecule has 0 bridgehead atoms. The topological polar surface area (TPSA) is 3.24 Å². The third-order valence-corrected chi connectivity index (χ3v) is 16.0. The van der Waals surface area contributed by atoms with Crippen LogP contribution in [0.5, 0.6) is 0 Å². The Morgan fingerprint density at radius 2 is 1.11 bits per heavy atom. The minimum Gasteiger partial charge on any atom is -0.310 e. The summed E-state index contributed by atoms with van der Waals surface area (Å²) in [6.45, 7) is 5.06. The van der Waals surface area contributed by atoms with Crippen molar-refractivity contribution in [3.05, 3.63) is 140 Å². The van der Waals surface area contributed by atoms with Gasteiger partial charge in [0, 0.05) is 57.4 Å². The van der Waals surface area contributed by atoms with Gasteiger partial charge in [0.05, 0.1) is 0 Å². The normalized spacial score (nSPS) is 13.6. The molecule has 218 valence electrons. The molecule has 0 amide bonds. The summed E-state index contributed by atoms with van der Waals surface area (Å²) in [6.07, 6.45) is 0. The maximum absolute atomic E-state index is 2.53. The Morgan fingerprint density at radius 1 is 0.457 bits per heavy atom. The van der Waals surface area contributed by atoms with Crippen molar-refractivity contribution in [2.24, 2.45) is 0 Å². The fourth-order valence-electron chi connectivity index (χ4n) is 7.78. The molecular weight excluding hydrogens is 611 g/mol. The lowest BCUT2D eigenvalue weighted by molar-refractivity contribution is 1.29. The molecule has 0 unspecified atom stereocenters. The number of para-hydroxylation sites is 1. The number of benzene rings is 7. The molecule has 1 aliphatic rings. The van der Waals surface area contributed by atoms with Crippen LogP contribution >= 0.6 is 22.7 Å². The van der Waals surface area contributed by atoms with Crippen LogP contribution in [0.3, 0.4) is 0 Å². The van der Waals surface area contributed by atoms with Gasteiger partial charge < -0.3 is 4.90 Å². The van der Waals surface area contributed by atoms with E-state index in [-0.39, 0.29) is 0 Å². The van der Waals surface area contributed by atoms with Crippen LogP contribution in [0, 0.1) is 0 Å². The van der Waals surface area contributed by atoms with E-state index >= 15 is 0 Å². The number of hydrogen-bond donors (Lipinski definition) is 0. The van der Waals surface area contributed by atoms with Gasteiger partial charge in [-0.25, -0.2) is 0 Å². The van der Waals surface area contributed by atoms with Gasteiger partial charge in [0.1, 0.15) is 8.07 Å². The monoisotopic (exact) mass is 639 g/mol. The largest absolute Gasteiger partial charge is 0.310 e. The van der Waals surface area contributed by atoms with Crippen LogP contribution < -0.4 is 15.3 Å². The quantitative estimate of drug-likeness (QED) is 0.174. The van der Waals surface area contributed by atoms with Gasteiger partial charge in [0.2, 0.25) is 0 Å². The van der Waals surface area contributed by atoms with Gasteiger partial charge >= 0.3 is 0 Å². The molecule has 0 atom stereocenters. The molecule has 0 N–H and O–H groups in total. The molecule has 0 spiro atoms. The van der Waals surface area contributed by atoms with Crippen molar-refractivity contribution in [3.63, 3.8) is 0 Å². The van der Waals surface area contributed by atoms with Gasteiger partial charge in [0.25, 0.3) is 0 Å². The Morgan fingerprint density at radius 3 is 2.00 bits per heavy atom. The average molecular weight is 640 g/mol. The second-order valence-corrected chi connectivity index (χ2v) is 19.4. The van der Waals surface area contributed by atoms with Crippen LogP contribution in [-0.4, -0.2) is 8.07 Å². The molecule has 4 heteroatoms. The zero-order chi connectivity index (χ0) is 30.6. The molecule has 1 nitrogen and oxygen atoms in total. The van der Waals surface area contributed by atoms with Crippen molar-refractivity contribution in [1.82, 2.24) is 0 Å². The molecule has 0 saturated carbocycles. The van der Waals surface area contributed by atoms with E-state index in [2.05, 4.69) is 158 Å². The molecule has 0 aliphatic carbocycles. The van der Waals surface area contributed by atoms with E-state index in [4.69, 9.17) is 0 Å². The van der Waals surface area contributed by atoms with Crippen molar-refractivity contribution in [3.8, 4) is 11.1 Å². The highest BCUT2D eigenvalue weighted by atomic mass is 32.1. The minimum atomic E-state index is -1.94. The fraction of sp³-hybridized carbons (Fsp3) is 0.0476. The Bertz CT molecular complexity index is 2680. The predicted octanol–water partition coefficient (Wildman–Crippen LogP) is 11.8. The highest BCUT2D eigenvalue weighted by Gasteiger charge is 2.39. The van der Waals surface area contributed by atoms with E-state index < -0.39 is 8.07 Å². The number of nitrogens with zero attached hydrogens (tertiary/aromatic N) is 1. The molecule has 0 saturated heterocycles. The summed E-state index contributed by atoms with van der Waals surface area (Å²) in [6, 6.07) is 52.1. The van der Waals surface area contributed by atoms with Gasteiger partial charge in [-0.1, -0.05) is 110 Å². The Balaban J connectivity index is 1.17. The van der Waals surface area contributed by atoms with E-state index in [1.54, 1.807) is 5.19 Å².